The van der Waals surface area contributed by atoms with Crippen LogP contribution in [-0.4, -0.2) is 42.0 Å². The van der Waals surface area contributed by atoms with Gasteiger partial charge < -0.3 is 15.0 Å². The molecule has 1 fully saturated rings. The third-order valence-corrected chi connectivity index (χ3v) is 4.29. The highest BCUT2D eigenvalue weighted by molar-refractivity contribution is 5.95. The molecule has 0 bridgehead atoms. The molecule has 1 aromatic heterocycles. The molecule has 0 saturated carbocycles. The molecule has 0 radical (unpaired) electrons. The van der Waals surface area contributed by atoms with Crippen LogP contribution in [0.5, 0.6) is 5.75 Å². The molecule has 1 N–H and O–H groups in total. The van der Waals surface area contributed by atoms with Crippen molar-refractivity contribution in [3.05, 3.63) is 59.9 Å². The number of aromatic nitrogens is 1. The van der Waals surface area contributed by atoms with Gasteiger partial charge in [-0.2, -0.15) is 0 Å². The SMILES string of the molecule is CNC[C@H]1CCCN1C(=O)c1cccc(OCc2cccnc2)c1. The molecule has 1 aromatic carbocycles. The Balaban J connectivity index is 1.67. The summed E-state index contributed by atoms with van der Waals surface area (Å²) in [6.07, 6.45) is 5.64. The third-order valence-electron chi connectivity index (χ3n) is 4.29. The van der Waals surface area contributed by atoms with Gasteiger partial charge in [-0.25, -0.2) is 0 Å². The first-order valence-electron chi connectivity index (χ1n) is 8.35. The second-order valence-electron chi connectivity index (χ2n) is 6.03. The number of pyridine rings is 1. The first-order chi connectivity index (χ1) is 11.8. The molecule has 5 nitrogen and oxygen atoms in total. The molecule has 0 spiro atoms. The Kier molecular flexibility index (Phi) is 5.43. The number of rotatable bonds is 6. The number of amides is 1. The van der Waals surface area contributed by atoms with E-state index >= 15 is 0 Å². The lowest BCUT2D eigenvalue weighted by molar-refractivity contribution is 0.0736. The van der Waals surface area contributed by atoms with Crippen molar-refractivity contribution >= 4 is 5.91 Å². The summed E-state index contributed by atoms with van der Waals surface area (Å²) in [6, 6.07) is 11.6. The van der Waals surface area contributed by atoms with Gasteiger partial charge in [0.25, 0.3) is 5.91 Å². The molecule has 1 atom stereocenters. The minimum Gasteiger partial charge on any atom is -0.489 e. The quantitative estimate of drug-likeness (QED) is 0.886. The lowest BCUT2D eigenvalue weighted by Gasteiger charge is -2.24. The number of nitrogens with zero attached hydrogens (tertiary/aromatic N) is 2. The van der Waals surface area contributed by atoms with Crippen LogP contribution in [0.15, 0.2) is 48.8 Å². The van der Waals surface area contributed by atoms with Crippen LogP contribution in [0, 0.1) is 0 Å². The van der Waals surface area contributed by atoms with Gasteiger partial charge >= 0.3 is 0 Å². The van der Waals surface area contributed by atoms with Gasteiger partial charge in [0, 0.05) is 42.7 Å². The molecule has 2 aromatic rings. The molecule has 1 aliphatic rings. The number of benzene rings is 1. The van der Waals surface area contributed by atoms with Crippen molar-refractivity contribution in [2.45, 2.75) is 25.5 Å². The van der Waals surface area contributed by atoms with Crippen molar-refractivity contribution in [2.24, 2.45) is 0 Å². The molecule has 0 unspecified atom stereocenters. The number of hydrogen-bond acceptors (Lipinski definition) is 4. The van der Waals surface area contributed by atoms with Crippen LogP contribution in [0.2, 0.25) is 0 Å². The molecule has 126 valence electrons. The molecule has 1 aliphatic heterocycles. The summed E-state index contributed by atoms with van der Waals surface area (Å²) in [7, 11) is 1.92. The Morgan fingerprint density at radius 2 is 2.29 bits per heavy atom. The van der Waals surface area contributed by atoms with Crippen LogP contribution >= 0.6 is 0 Å². The molecule has 24 heavy (non-hydrogen) atoms. The Labute approximate surface area is 142 Å². The second-order valence-corrected chi connectivity index (χ2v) is 6.03. The van der Waals surface area contributed by atoms with E-state index in [4.69, 9.17) is 4.74 Å². The number of likely N-dealkylation sites (N-methyl/N-ethyl adjacent to an activating group) is 1. The fourth-order valence-electron chi connectivity index (χ4n) is 3.09. The monoisotopic (exact) mass is 325 g/mol. The largest absolute Gasteiger partial charge is 0.489 e. The van der Waals surface area contributed by atoms with Gasteiger partial charge in [-0.3, -0.25) is 9.78 Å². The van der Waals surface area contributed by atoms with E-state index in [1.165, 1.54) is 0 Å². The summed E-state index contributed by atoms with van der Waals surface area (Å²) >= 11 is 0. The number of carbonyl (C=O) groups is 1. The van der Waals surface area contributed by atoms with E-state index in [0.29, 0.717) is 17.9 Å². The van der Waals surface area contributed by atoms with Crippen LogP contribution in [0.1, 0.15) is 28.8 Å². The first kappa shape index (κ1) is 16.5. The van der Waals surface area contributed by atoms with Gasteiger partial charge in [0.05, 0.1) is 0 Å². The number of nitrogens with one attached hydrogen (secondary N) is 1. The lowest BCUT2D eigenvalue weighted by atomic mass is 10.1. The van der Waals surface area contributed by atoms with Crippen molar-refractivity contribution in [1.82, 2.24) is 15.2 Å². The molecule has 1 amide bonds. The first-order valence-corrected chi connectivity index (χ1v) is 8.35. The standard InChI is InChI=1S/C19H23N3O2/c1-20-13-17-7-4-10-22(17)19(23)16-6-2-8-18(11-16)24-14-15-5-3-9-21-12-15/h2-3,5-6,8-9,11-12,17,20H,4,7,10,13-14H2,1H3/t17-/m1/s1. The number of hydrogen-bond donors (Lipinski definition) is 1. The van der Waals surface area contributed by atoms with Gasteiger partial charge in [-0.05, 0) is 44.2 Å². The Morgan fingerprint density at radius 1 is 1.38 bits per heavy atom. The minimum atomic E-state index is 0.0829. The molecule has 0 aliphatic carbocycles. The summed E-state index contributed by atoms with van der Waals surface area (Å²) in [4.78, 5) is 18.8. The van der Waals surface area contributed by atoms with Crippen LogP contribution < -0.4 is 10.1 Å². The van der Waals surface area contributed by atoms with Crippen LogP contribution in [0.3, 0.4) is 0 Å². The van der Waals surface area contributed by atoms with Crippen LogP contribution in [0.4, 0.5) is 0 Å². The molecular formula is C19H23N3O2. The molecule has 1 saturated heterocycles. The van der Waals surface area contributed by atoms with Crippen molar-refractivity contribution in [3.63, 3.8) is 0 Å². The molecule has 5 heteroatoms. The maximum atomic E-state index is 12.8. The summed E-state index contributed by atoms with van der Waals surface area (Å²) < 4.78 is 5.80. The highest BCUT2D eigenvalue weighted by atomic mass is 16.5. The Hall–Kier alpha value is -2.40. The average Bonchev–Trinajstić information content (AvgIpc) is 3.09. The Morgan fingerprint density at radius 3 is 3.08 bits per heavy atom. The predicted molar refractivity (Wildman–Crippen MR) is 93.0 cm³/mol. The van der Waals surface area contributed by atoms with Crippen molar-refractivity contribution in [2.75, 3.05) is 20.1 Å². The summed E-state index contributed by atoms with van der Waals surface area (Å²) in [5.74, 6) is 0.786. The zero-order valence-electron chi connectivity index (χ0n) is 13.9. The van der Waals surface area contributed by atoms with Gasteiger partial charge in [-0.1, -0.05) is 12.1 Å². The van der Waals surface area contributed by atoms with E-state index in [0.717, 1.165) is 31.5 Å². The fourth-order valence-corrected chi connectivity index (χ4v) is 3.09. The van der Waals surface area contributed by atoms with Crippen molar-refractivity contribution in [1.29, 1.82) is 0 Å². The maximum absolute atomic E-state index is 12.8. The van der Waals surface area contributed by atoms with E-state index in [9.17, 15) is 4.79 Å². The van der Waals surface area contributed by atoms with E-state index in [2.05, 4.69) is 10.3 Å². The fraction of sp³-hybridized carbons (Fsp3) is 0.368. The normalized spacial score (nSPS) is 17.0. The van der Waals surface area contributed by atoms with Crippen LogP contribution in [-0.2, 0) is 6.61 Å². The van der Waals surface area contributed by atoms with Crippen molar-refractivity contribution < 1.29 is 9.53 Å². The van der Waals surface area contributed by atoms with Gasteiger partial charge in [-0.15, -0.1) is 0 Å². The second kappa shape index (κ2) is 7.93. The predicted octanol–water partition coefficient (Wildman–Crippen LogP) is 2.48. The van der Waals surface area contributed by atoms with Gasteiger partial charge in [0.2, 0.25) is 0 Å². The van der Waals surface area contributed by atoms with E-state index in [-0.39, 0.29) is 11.9 Å². The highest BCUT2D eigenvalue weighted by Crippen LogP contribution is 2.22. The smallest absolute Gasteiger partial charge is 0.254 e. The number of carbonyl (C=O) groups excluding carboxylic acids is 1. The zero-order valence-corrected chi connectivity index (χ0v) is 13.9. The van der Waals surface area contributed by atoms with E-state index in [1.54, 1.807) is 12.4 Å². The molecule has 2 heterocycles. The minimum absolute atomic E-state index is 0.0829. The summed E-state index contributed by atoms with van der Waals surface area (Å²) in [6.45, 7) is 2.10. The van der Waals surface area contributed by atoms with Crippen molar-refractivity contribution in [3.8, 4) is 5.75 Å². The number of ether oxygens (including phenoxy) is 1. The number of likely N-dealkylation sites (tertiary alicyclic amines) is 1. The molecule has 3 rings (SSSR count). The molecular weight excluding hydrogens is 302 g/mol. The topological polar surface area (TPSA) is 54.5 Å². The summed E-state index contributed by atoms with van der Waals surface area (Å²) in [5.41, 5.74) is 1.68. The van der Waals surface area contributed by atoms with Gasteiger partial charge in [0.1, 0.15) is 12.4 Å². The lowest BCUT2D eigenvalue weighted by Crippen LogP contribution is -2.40. The van der Waals surface area contributed by atoms with E-state index < -0.39 is 0 Å². The average molecular weight is 325 g/mol. The zero-order chi connectivity index (χ0) is 16.8. The third kappa shape index (κ3) is 3.92. The van der Waals surface area contributed by atoms with E-state index in [1.807, 2.05) is 48.3 Å². The summed E-state index contributed by atoms with van der Waals surface area (Å²) in [5, 5.41) is 3.17. The highest BCUT2D eigenvalue weighted by Gasteiger charge is 2.28. The van der Waals surface area contributed by atoms with Crippen LogP contribution in [0.25, 0.3) is 0 Å². The Bertz CT molecular complexity index is 675. The maximum Gasteiger partial charge on any atom is 0.254 e. The van der Waals surface area contributed by atoms with Gasteiger partial charge in [0.15, 0.2) is 0 Å².